The molecule has 1 aromatic carbocycles. The molecule has 2 rings (SSSR count). The van der Waals surface area contributed by atoms with Gasteiger partial charge in [-0.3, -0.25) is 0 Å². The summed E-state index contributed by atoms with van der Waals surface area (Å²) in [5, 5.41) is 3.38. The van der Waals surface area contributed by atoms with E-state index in [0.717, 1.165) is 25.7 Å². The number of rotatable bonds is 7. The van der Waals surface area contributed by atoms with Crippen LogP contribution in [0.4, 0.5) is 5.69 Å². The predicted molar refractivity (Wildman–Crippen MR) is 85.3 cm³/mol. The average molecular weight is 276 g/mol. The van der Waals surface area contributed by atoms with E-state index in [-0.39, 0.29) is 0 Å². The molecule has 1 fully saturated rings. The second-order valence-corrected chi connectivity index (χ2v) is 5.74. The van der Waals surface area contributed by atoms with Crippen LogP contribution in [0.25, 0.3) is 0 Å². The summed E-state index contributed by atoms with van der Waals surface area (Å²) in [4.78, 5) is 2.46. The summed E-state index contributed by atoms with van der Waals surface area (Å²) in [5.74, 6) is 0. The molecule has 0 atom stereocenters. The molecule has 0 spiro atoms. The van der Waals surface area contributed by atoms with Crippen LogP contribution in [0.2, 0.25) is 0 Å². The summed E-state index contributed by atoms with van der Waals surface area (Å²) in [5.41, 5.74) is 2.68. The van der Waals surface area contributed by atoms with E-state index in [1.54, 1.807) is 7.11 Å². The van der Waals surface area contributed by atoms with Gasteiger partial charge < -0.3 is 15.0 Å². The van der Waals surface area contributed by atoms with E-state index in [4.69, 9.17) is 4.74 Å². The van der Waals surface area contributed by atoms with Gasteiger partial charge in [-0.15, -0.1) is 0 Å². The number of ether oxygens (including phenoxy) is 1. The molecule has 1 N–H and O–H groups in total. The molecular formula is C17H28N2O. The van der Waals surface area contributed by atoms with E-state index >= 15 is 0 Å². The van der Waals surface area contributed by atoms with E-state index in [0.29, 0.717) is 0 Å². The molecule has 0 saturated heterocycles. The Morgan fingerprint density at radius 3 is 2.50 bits per heavy atom. The van der Waals surface area contributed by atoms with Crippen LogP contribution in [0, 0.1) is 0 Å². The van der Waals surface area contributed by atoms with Crippen molar-refractivity contribution in [2.45, 2.75) is 44.7 Å². The lowest BCUT2D eigenvalue weighted by atomic mass is 9.94. The third-order valence-electron chi connectivity index (χ3n) is 4.28. The molecule has 0 amide bonds. The summed E-state index contributed by atoms with van der Waals surface area (Å²) in [6.45, 7) is 2.58. The fourth-order valence-electron chi connectivity index (χ4n) is 2.94. The van der Waals surface area contributed by atoms with E-state index in [9.17, 15) is 0 Å². The van der Waals surface area contributed by atoms with Gasteiger partial charge in [0.25, 0.3) is 0 Å². The first-order valence-corrected chi connectivity index (χ1v) is 7.82. The number of benzene rings is 1. The van der Waals surface area contributed by atoms with Gasteiger partial charge in [-0.25, -0.2) is 0 Å². The van der Waals surface area contributed by atoms with Gasteiger partial charge in [-0.05, 0) is 30.5 Å². The molecule has 3 nitrogen and oxygen atoms in total. The molecular weight excluding hydrogens is 248 g/mol. The number of nitrogens with one attached hydrogen (secondary N) is 1. The summed E-state index contributed by atoms with van der Waals surface area (Å²) < 4.78 is 5.03. The van der Waals surface area contributed by atoms with Crippen molar-refractivity contribution in [3.05, 3.63) is 29.8 Å². The van der Waals surface area contributed by atoms with Crippen molar-refractivity contribution in [3.63, 3.8) is 0 Å². The fourth-order valence-corrected chi connectivity index (χ4v) is 2.94. The lowest BCUT2D eigenvalue weighted by molar-refractivity contribution is 0.199. The summed E-state index contributed by atoms with van der Waals surface area (Å²) >= 11 is 0. The van der Waals surface area contributed by atoms with Crippen LogP contribution in [0.3, 0.4) is 0 Å². The second kappa shape index (κ2) is 8.28. The smallest absolute Gasteiger partial charge is 0.0587 e. The number of methoxy groups -OCH3 is 1. The Morgan fingerprint density at radius 2 is 1.85 bits per heavy atom. The summed E-state index contributed by atoms with van der Waals surface area (Å²) in [6, 6.07) is 9.70. The Hall–Kier alpha value is -1.06. The van der Waals surface area contributed by atoms with Gasteiger partial charge in [0, 0.05) is 39.0 Å². The summed E-state index contributed by atoms with van der Waals surface area (Å²) in [6.07, 6.45) is 6.87. The lowest BCUT2D eigenvalue weighted by Crippen LogP contribution is -2.33. The normalized spacial score (nSPS) is 16.3. The maximum atomic E-state index is 5.03. The van der Waals surface area contributed by atoms with Crippen molar-refractivity contribution in [2.24, 2.45) is 0 Å². The summed E-state index contributed by atoms with van der Waals surface area (Å²) in [7, 11) is 3.97. The zero-order valence-electron chi connectivity index (χ0n) is 12.9. The van der Waals surface area contributed by atoms with Gasteiger partial charge in [-0.2, -0.15) is 0 Å². The lowest BCUT2D eigenvalue weighted by Gasteiger charge is -2.33. The molecule has 3 heteroatoms. The van der Waals surface area contributed by atoms with Crippen molar-refractivity contribution in [1.29, 1.82) is 0 Å². The molecule has 0 radical (unpaired) electrons. The molecule has 112 valence electrons. The third-order valence-corrected chi connectivity index (χ3v) is 4.28. The maximum Gasteiger partial charge on any atom is 0.0587 e. The molecule has 1 saturated carbocycles. The highest BCUT2D eigenvalue weighted by Crippen LogP contribution is 2.26. The minimum atomic E-state index is 0.731. The van der Waals surface area contributed by atoms with Crippen LogP contribution in [-0.4, -0.2) is 33.4 Å². The number of hydrogen-bond acceptors (Lipinski definition) is 3. The first-order valence-electron chi connectivity index (χ1n) is 7.82. The molecule has 1 aliphatic rings. The van der Waals surface area contributed by atoms with Crippen LogP contribution >= 0.6 is 0 Å². The topological polar surface area (TPSA) is 24.5 Å². The minimum Gasteiger partial charge on any atom is -0.383 e. The molecule has 0 bridgehead atoms. The highest BCUT2D eigenvalue weighted by atomic mass is 16.5. The highest BCUT2D eigenvalue weighted by molar-refractivity contribution is 5.47. The van der Waals surface area contributed by atoms with E-state index in [2.05, 4.69) is 41.5 Å². The molecule has 0 unspecified atom stereocenters. The molecule has 0 heterocycles. The van der Waals surface area contributed by atoms with Crippen molar-refractivity contribution < 1.29 is 4.74 Å². The van der Waals surface area contributed by atoms with Gasteiger partial charge in [0.2, 0.25) is 0 Å². The van der Waals surface area contributed by atoms with Gasteiger partial charge in [0.05, 0.1) is 6.61 Å². The van der Waals surface area contributed by atoms with Crippen LogP contribution < -0.4 is 10.2 Å². The predicted octanol–water partition coefficient (Wildman–Crippen LogP) is 3.19. The van der Waals surface area contributed by atoms with E-state index in [1.165, 1.54) is 43.4 Å². The van der Waals surface area contributed by atoms with Crippen LogP contribution in [0.5, 0.6) is 0 Å². The first-order chi connectivity index (χ1) is 9.81. The number of hydrogen-bond donors (Lipinski definition) is 1. The second-order valence-electron chi connectivity index (χ2n) is 5.74. The van der Waals surface area contributed by atoms with Gasteiger partial charge in [0.1, 0.15) is 0 Å². The van der Waals surface area contributed by atoms with Crippen molar-refractivity contribution in [2.75, 3.05) is 32.2 Å². The quantitative estimate of drug-likeness (QED) is 0.774. The standard InChI is InChI=1S/C17H28N2O/c1-19(16-6-4-3-5-7-16)17-10-8-15(9-11-17)14-18-12-13-20-2/h8-11,16,18H,3-7,12-14H2,1-2H3. The van der Waals surface area contributed by atoms with Gasteiger partial charge >= 0.3 is 0 Å². The van der Waals surface area contributed by atoms with Crippen LogP contribution in [0.15, 0.2) is 24.3 Å². The zero-order valence-corrected chi connectivity index (χ0v) is 12.9. The molecule has 0 aliphatic heterocycles. The largest absolute Gasteiger partial charge is 0.383 e. The molecule has 0 aromatic heterocycles. The van der Waals surface area contributed by atoms with Crippen LogP contribution in [-0.2, 0) is 11.3 Å². The Kier molecular flexibility index (Phi) is 6.34. The third kappa shape index (κ3) is 4.50. The maximum absolute atomic E-state index is 5.03. The monoisotopic (exact) mass is 276 g/mol. The highest BCUT2D eigenvalue weighted by Gasteiger charge is 2.17. The van der Waals surface area contributed by atoms with E-state index in [1.807, 2.05) is 0 Å². The zero-order chi connectivity index (χ0) is 14.2. The minimum absolute atomic E-state index is 0.731. The van der Waals surface area contributed by atoms with E-state index < -0.39 is 0 Å². The van der Waals surface area contributed by atoms with Crippen molar-refractivity contribution >= 4 is 5.69 Å². The number of anilines is 1. The number of nitrogens with zero attached hydrogens (tertiary/aromatic N) is 1. The van der Waals surface area contributed by atoms with Crippen molar-refractivity contribution in [1.82, 2.24) is 5.32 Å². The fraction of sp³-hybridized carbons (Fsp3) is 0.647. The van der Waals surface area contributed by atoms with Gasteiger partial charge in [0.15, 0.2) is 0 Å². The SMILES string of the molecule is COCCNCc1ccc(N(C)C2CCCCC2)cc1. The van der Waals surface area contributed by atoms with Crippen molar-refractivity contribution in [3.8, 4) is 0 Å². The Morgan fingerprint density at radius 1 is 1.15 bits per heavy atom. The Labute approximate surface area is 123 Å². The molecule has 1 aromatic rings. The Bertz CT molecular complexity index is 371. The molecule has 1 aliphatic carbocycles. The van der Waals surface area contributed by atoms with Crippen LogP contribution in [0.1, 0.15) is 37.7 Å². The average Bonchev–Trinajstić information content (AvgIpc) is 2.52. The Balaban J connectivity index is 1.83. The molecule has 20 heavy (non-hydrogen) atoms. The first kappa shape index (κ1) is 15.3. The van der Waals surface area contributed by atoms with Gasteiger partial charge in [-0.1, -0.05) is 31.4 Å².